The van der Waals surface area contributed by atoms with Crippen LogP contribution < -0.4 is 5.56 Å². The summed E-state index contributed by atoms with van der Waals surface area (Å²) in [7, 11) is 1.78. The first-order valence-electron chi connectivity index (χ1n) is 11.6. The van der Waals surface area contributed by atoms with Crippen LogP contribution in [0.4, 0.5) is 0 Å². The van der Waals surface area contributed by atoms with Gasteiger partial charge in [0.1, 0.15) is 16.5 Å². The number of H-pyrrole nitrogens is 1. The molecule has 0 spiro atoms. The first kappa shape index (κ1) is 23.0. The molecule has 34 heavy (non-hydrogen) atoms. The summed E-state index contributed by atoms with van der Waals surface area (Å²) < 4.78 is 0. The van der Waals surface area contributed by atoms with Crippen molar-refractivity contribution in [3.8, 4) is 0 Å². The van der Waals surface area contributed by atoms with Gasteiger partial charge in [0.05, 0.1) is 23.2 Å². The van der Waals surface area contributed by atoms with Crippen LogP contribution >= 0.6 is 23.1 Å². The topological polar surface area (TPSA) is 91.8 Å². The molecule has 3 heterocycles. The number of para-hydroxylation sites is 1. The van der Waals surface area contributed by atoms with Gasteiger partial charge in [0.2, 0.25) is 5.91 Å². The molecule has 1 amide bonds. The molecule has 0 saturated heterocycles. The van der Waals surface area contributed by atoms with Crippen molar-refractivity contribution in [2.24, 2.45) is 0 Å². The van der Waals surface area contributed by atoms with Crippen LogP contribution in [0.15, 0.2) is 29.1 Å². The number of fused-ring (bicyclic) bond motifs is 4. The zero-order valence-electron chi connectivity index (χ0n) is 19.4. The molecular weight excluding hydrogens is 466 g/mol. The summed E-state index contributed by atoms with van der Waals surface area (Å²) in [5.41, 5.74) is 2.99. The molecule has 0 fully saturated rings. The Morgan fingerprint density at radius 3 is 2.88 bits per heavy atom. The Balaban J connectivity index is 1.16. The number of nitrogens with zero attached hydrogens (tertiary/aromatic N) is 4. The van der Waals surface area contributed by atoms with Crippen LogP contribution in [0.2, 0.25) is 0 Å². The summed E-state index contributed by atoms with van der Waals surface area (Å²) in [6.45, 7) is 2.34. The second-order valence-electron chi connectivity index (χ2n) is 8.70. The van der Waals surface area contributed by atoms with Gasteiger partial charge in [-0.15, -0.1) is 11.3 Å². The number of hydrogen-bond acceptors (Lipinski definition) is 7. The molecule has 4 aromatic rings. The number of thiophene rings is 1. The summed E-state index contributed by atoms with van der Waals surface area (Å²) in [6.07, 6.45) is 4.78. The van der Waals surface area contributed by atoms with E-state index in [-0.39, 0.29) is 11.5 Å². The van der Waals surface area contributed by atoms with Crippen molar-refractivity contribution in [2.45, 2.75) is 51.3 Å². The molecule has 3 aromatic heterocycles. The van der Waals surface area contributed by atoms with E-state index in [1.807, 2.05) is 31.2 Å². The van der Waals surface area contributed by atoms with Crippen molar-refractivity contribution >= 4 is 50.1 Å². The van der Waals surface area contributed by atoms with Gasteiger partial charge >= 0.3 is 0 Å². The number of aromatic amines is 1. The maximum absolute atomic E-state index is 12.7. The second kappa shape index (κ2) is 9.84. The number of thioether (sulfide) groups is 1. The van der Waals surface area contributed by atoms with E-state index in [0.29, 0.717) is 36.1 Å². The standard InChI is InChI=1S/C25H27N5O2S2/c1-15-16-7-3-5-9-18(16)27-20(26-15)13-30(2)22(31)11-12-33-14-21-28-24(32)23-17-8-4-6-10-19(17)34-25(23)29-21/h3,5,7,9H,4,6,8,10-14H2,1-2H3,(H,28,29,32). The molecule has 176 valence electrons. The number of aromatic nitrogens is 4. The van der Waals surface area contributed by atoms with E-state index >= 15 is 0 Å². The minimum atomic E-state index is -0.0264. The van der Waals surface area contributed by atoms with Crippen LogP contribution in [0.5, 0.6) is 0 Å². The van der Waals surface area contributed by atoms with Gasteiger partial charge in [-0.25, -0.2) is 15.0 Å². The van der Waals surface area contributed by atoms with Gasteiger partial charge in [0, 0.05) is 35.2 Å². The Labute approximate surface area is 206 Å². The molecule has 0 radical (unpaired) electrons. The number of rotatable bonds is 7. The summed E-state index contributed by atoms with van der Waals surface area (Å²) in [6, 6.07) is 7.90. The quantitative estimate of drug-likeness (QED) is 0.384. The van der Waals surface area contributed by atoms with Gasteiger partial charge in [-0.2, -0.15) is 11.8 Å². The van der Waals surface area contributed by atoms with Crippen molar-refractivity contribution < 1.29 is 4.79 Å². The predicted octanol–water partition coefficient (Wildman–Crippen LogP) is 4.40. The Hall–Kier alpha value is -2.78. The lowest BCUT2D eigenvalue weighted by atomic mass is 9.97. The predicted molar refractivity (Wildman–Crippen MR) is 138 cm³/mol. The van der Waals surface area contributed by atoms with E-state index in [2.05, 4.69) is 15.0 Å². The van der Waals surface area contributed by atoms with Crippen molar-refractivity contribution in [1.29, 1.82) is 0 Å². The number of nitrogens with one attached hydrogen (secondary N) is 1. The monoisotopic (exact) mass is 493 g/mol. The molecule has 9 heteroatoms. The van der Waals surface area contributed by atoms with Crippen molar-refractivity contribution in [3.05, 3.63) is 62.4 Å². The molecule has 5 rings (SSSR count). The van der Waals surface area contributed by atoms with Crippen LogP contribution in [0.3, 0.4) is 0 Å². The number of benzene rings is 1. The van der Waals surface area contributed by atoms with Crippen LogP contribution in [0.25, 0.3) is 21.1 Å². The summed E-state index contributed by atoms with van der Waals surface area (Å²) in [5.74, 6) is 2.61. The maximum atomic E-state index is 12.7. The Morgan fingerprint density at radius 1 is 1.18 bits per heavy atom. The third-order valence-corrected chi connectivity index (χ3v) is 8.37. The van der Waals surface area contributed by atoms with Gasteiger partial charge in [0.25, 0.3) is 5.56 Å². The van der Waals surface area contributed by atoms with E-state index in [4.69, 9.17) is 4.98 Å². The summed E-state index contributed by atoms with van der Waals surface area (Å²) in [5, 5.41) is 1.82. The van der Waals surface area contributed by atoms with E-state index in [0.717, 1.165) is 46.1 Å². The fraction of sp³-hybridized carbons (Fsp3) is 0.400. The van der Waals surface area contributed by atoms with E-state index in [9.17, 15) is 9.59 Å². The van der Waals surface area contributed by atoms with Crippen LogP contribution in [-0.2, 0) is 29.9 Å². The molecule has 1 N–H and O–H groups in total. The highest BCUT2D eigenvalue weighted by Gasteiger charge is 2.20. The van der Waals surface area contributed by atoms with Gasteiger partial charge in [-0.3, -0.25) is 9.59 Å². The van der Waals surface area contributed by atoms with Crippen molar-refractivity contribution in [1.82, 2.24) is 24.8 Å². The SMILES string of the molecule is Cc1nc(CN(C)C(=O)CCSCc2nc3sc4c(c3c(=O)[nH]2)CCCC4)nc2ccccc12. The zero-order chi connectivity index (χ0) is 23.7. The Bertz CT molecular complexity index is 1430. The van der Waals surface area contributed by atoms with E-state index in [1.54, 1.807) is 35.0 Å². The van der Waals surface area contributed by atoms with E-state index in [1.165, 1.54) is 16.9 Å². The highest BCUT2D eigenvalue weighted by molar-refractivity contribution is 7.98. The second-order valence-corrected chi connectivity index (χ2v) is 10.9. The average Bonchev–Trinajstić information content (AvgIpc) is 3.20. The van der Waals surface area contributed by atoms with Gasteiger partial charge in [-0.1, -0.05) is 18.2 Å². The number of hydrogen-bond donors (Lipinski definition) is 1. The summed E-state index contributed by atoms with van der Waals surface area (Å²) >= 11 is 3.27. The third kappa shape index (κ3) is 4.72. The fourth-order valence-electron chi connectivity index (χ4n) is 4.46. The Morgan fingerprint density at radius 2 is 2.00 bits per heavy atom. The van der Waals surface area contributed by atoms with Crippen LogP contribution in [0, 0.1) is 6.92 Å². The molecule has 1 aromatic carbocycles. The molecule has 0 atom stereocenters. The molecule has 1 aliphatic carbocycles. The number of aryl methyl sites for hydroxylation is 3. The van der Waals surface area contributed by atoms with Crippen LogP contribution in [-0.4, -0.2) is 43.5 Å². The number of carbonyl (C=O) groups is 1. The third-order valence-electron chi connectivity index (χ3n) is 6.22. The van der Waals surface area contributed by atoms with Gasteiger partial charge < -0.3 is 9.88 Å². The maximum Gasteiger partial charge on any atom is 0.259 e. The fourth-order valence-corrected chi connectivity index (χ4v) is 6.54. The molecular formula is C25H27N5O2S2. The molecule has 0 aliphatic heterocycles. The lowest BCUT2D eigenvalue weighted by Crippen LogP contribution is -2.27. The largest absolute Gasteiger partial charge is 0.338 e. The first-order chi connectivity index (χ1) is 16.5. The smallest absolute Gasteiger partial charge is 0.259 e. The van der Waals surface area contributed by atoms with Gasteiger partial charge in [0.15, 0.2) is 0 Å². The van der Waals surface area contributed by atoms with E-state index < -0.39 is 0 Å². The minimum absolute atomic E-state index is 0.0264. The molecule has 1 aliphatic rings. The van der Waals surface area contributed by atoms with Gasteiger partial charge in [-0.05, 0) is 44.2 Å². The van der Waals surface area contributed by atoms with Crippen LogP contribution in [0.1, 0.15) is 47.0 Å². The lowest BCUT2D eigenvalue weighted by molar-refractivity contribution is -0.130. The zero-order valence-corrected chi connectivity index (χ0v) is 21.0. The first-order valence-corrected chi connectivity index (χ1v) is 13.5. The summed E-state index contributed by atoms with van der Waals surface area (Å²) in [4.78, 5) is 46.0. The van der Waals surface area contributed by atoms with Crippen molar-refractivity contribution in [3.63, 3.8) is 0 Å². The molecule has 7 nitrogen and oxygen atoms in total. The Kier molecular flexibility index (Phi) is 6.65. The molecule has 0 bridgehead atoms. The highest BCUT2D eigenvalue weighted by atomic mass is 32.2. The van der Waals surface area contributed by atoms with Crippen molar-refractivity contribution in [2.75, 3.05) is 12.8 Å². The average molecular weight is 494 g/mol. The normalized spacial score (nSPS) is 13.4. The molecule has 0 saturated carbocycles. The number of carbonyl (C=O) groups excluding carboxylic acids is 1. The highest BCUT2D eigenvalue weighted by Crippen LogP contribution is 2.33. The minimum Gasteiger partial charge on any atom is -0.338 e. The number of amides is 1. The molecule has 0 unspecified atom stereocenters. The lowest BCUT2D eigenvalue weighted by Gasteiger charge is -2.17.